The Morgan fingerprint density at radius 1 is 1.33 bits per heavy atom. The number of nitrogens with zero attached hydrogens (tertiary/aromatic N) is 3. The van der Waals surface area contributed by atoms with E-state index in [-0.39, 0.29) is 11.5 Å². The molecule has 2 rings (SSSR count). The number of methoxy groups -OCH3 is 1. The summed E-state index contributed by atoms with van der Waals surface area (Å²) in [7, 11) is 4.90. The first-order valence-corrected chi connectivity index (χ1v) is 6.76. The first-order valence-electron chi connectivity index (χ1n) is 6.76. The number of hydrogen-bond acceptors (Lipinski definition) is 4. The minimum atomic E-state index is -0.204. The van der Waals surface area contributed by atoms with E-state index in [4.69, 9.17) is 4.74 Å². The third-order valence-electron chi connectivity index (χ3n) is 3.35. The summed E-state index contributed by atoms with van der Waals surface area (Å²) in [6.45, 7) is 1.17. The number of carbonyl (C=O) groups excluding carboxylic acids is 1. The van der Waals surface area contributed by atoms with E-state index in [1.54, 1.807) is 50.4 Å². The third-order valence-corrected chi connectivity index (χ3v) is 3.35. The molecular weight excluding hydrogens is 270 g/mol. The van der Waals surface area contributed by atoms with E-state index < -0.39 is 0 Å². The predicted molar refractivity (Wildman–Crippen MR) is 80.4 cm³/mol. The number of fused-ring (bicyclic) bond motifs is 1. The molecule has 1 heterocycles. The summed E-state index contributed by atoms with van der Waals surface area (Å²) >= 11 is 0. The van der Waals surface area contributed by atoms with E-state index in [0.29, 0.717) is 29.6 Å². The normalized spacial score (nSPS) is 10.8. The van der Waals surface area contributed by atoms with Crippen molar-refractivity contribution in [3.63, 3.8) is 0 Å². The van der Waals surface area contributed by atoms with Gasteiger partial charge >= 0.3 is 0 Å². The van der Waals surface area contributed by atoms with Crippen molar-refractivity contribution in [2.75, 3.05) is 27.3 Å². The molecule has 2 aromatic rings. The maximum Gasteiger partial charge on any atom is 0.274 e. The lowest BCUT2D eigenvalue weighted by Gasteiger charge is -2.17. The molecule has 0 aliphatic heterocycles. The van der Waals surface area contributed by atoms with E-state index in [1.165, 1.54) is 4.68 Å². The van der Waals surface area contributed by atoms with E-state index >= 15 is 0 Å². The zero-order valence-corrected chi connectivity index (χ0v) is 12.5. The van der Waals surface area contributed by atoms with Crippen LogP contribution in [0.25, 0.3) is 10.8 Å². The Labute approximate surface area is 122 Å². The molecule has 1 aromatic carbocycles. The third kappa shape index (κ3) is 3.11. The van der Waals surface area contributed by atoms with Crippen molar-refractivity contribution in [1.82, 2.24) is 14.7 Å². The highest BCUT2D eigenvalue weighted by molar-refractivity contribution is 6.04. The van der Waals surface area contributed by atoms with E-state index in [9.17, 15) is 9.59 Å². The van der Waals surface area contributed by atoms with Crippen LogP contribution >= 0.6 is 0 Å². The van der Waals surface area contributed by atoms with Crippen molar-refractivity contribution in [3.8, 4) is 0 Å². The second kappa shape index (κ2) is 6.49. The summed E-state index contributed by atoms with van der Waals surface area (Å²) in [6, 6.07) is 7.03. The van der Waals surface area contributed by atoms with Gasteiger partial charge in [-0.15, -0.1) is 0 Å². The van der Waals surface area contributed by atoms with Crippen LogP contribution in [-0.4, -0.2) is 47.9 Å². The highest BCUT2D eigenvalue weighted by atomic mass is 16.5. The molecule has 0 saturated heterocycles. The molecule has 0 N–H and O–H groups in total. The average molecular weight is 289 g/mol. The molecule has 0 saturated carbocycles. The summed E-state index contributed by atoms with van der Waals surface area (Å²) in [6.07, 6.45) is 0.752. The predicted octanol–water partition coefficient (Wildman–Crippen LogP) is 1.04. The first-order chi connectivity index (χ1) is 10.1. The molecule has 6 nitrogen and oxygen atoms in total. The van der Waals surface area contributed by atoms with Gasteiger partial charge in [0.1, 0.15) is 0 Å². The van der Waals surface area contributed by atoms with Crippen molar-refractivity contribution in [3.05, 3.63) is 40.3 Å². The number of carbonyl (C=O) groups is 1. The lowest BCUT2D eigenvalue weighted by Crippen LogP contribution is -2.32. The molecule has 6 heteroatoms. The maximum absolute atomic E-state index is 12.5. The zero-order chi connectivity index (χ0) is 15.4. The van der Waals surface area contributed by atoms with Gasteiger partial charge in [0.25, 0.3) is 11.5 Å². The number of ether oxygens (including phenoxy) is 1. The molecule has 0 fully saturated rings. The Morgan fingerprint density at radius 3 is 2.67 bits per heavy atom. The van der Waals surface area contributed by atoms with E-state index in [0.717, 1.165) is 6.42 Å². The fourth-order valence-corrected chi connectivity index (χ4v) is 2.19. The summed E-state index contributed by atoms with van der Waals surface area (Å²) < 4.78 is 6.19. The van der Waals surface area contributed by atoms with Gasteiger partial charge in [0.05, 0.1) is 5.39 Å². The van der Waals surface area contributed by atoms with Gasteiger partial charge in [0.2, 0.25) is 0 Å². The standard InChI is InChI=1S/C15H19N3O3/c1-17(9-6-10-21-3)15(20)13-11-7-4-5-8-12(11)14(19)18(2)16-13/h4-5,7-8H,6,9-10H2,1-3H3. The van der Waals surface area contributed by atoms with Gasteiger partial charge in [-0.3, -0.25) is 9.59 Å². The van der Waals surface area contributed by atoms with Crippen LogP contribution in [0.4, 0.5) is 0 Å². The van der Waals surface area contributed by atoms with Gasteiger partial charge in [0, 0.05) is 39.7 Å². The van der Waals surface area contributed by atoms with E-state index in [1.807, 2.05) is 0 Å². The summed E-state index contributed by atoms with van der Waals surface area (Å²) in [5.41, 5.74) is 0.0943. The van der Waals surface area contributed by atoms with Gasteiger partial charge in [-0.25, -0.2) is 4.68 Å². The molecule has 0 bridgehead atoms. The molecule has 0 aliphatic carbocycles. The minimum Gasteiger partial charge on any atom is -0.385 e. The minimum absolute atomic E-state index is 0.196. The summed E-state index contributed by atoms with van der Waals surface area (Å²) in [5, 5.41) is 5.22. The molecule has 0 atom stereocenters. The monoisotopic (exact) mass is 289 g/mol. The van der Waals surface area contributed by atoms with Crippen LogP contribution in [0.2, 0.25) is 0 Å². The highest BCUT2D eigenvalue weighted by Crippen LogP contribution is 2.14. The smallest absolute Gasteiger partial charge is 0.274 e. The van der Waals surface area contributed by atoms with Crippen LogP contribution < -0.4 is 5.56 Å². The van der Waals surface area contributed by atoms with Gasteiger partial charge in [-0.05, 0) is 12.5 Å². The average Bonchev–Trinajstić information content (AvgIpc) is 2.50. The lowest BCUT2D eigenvalue weighted by atomic mass is 10.1. The topological polar surface area (TPSA) is 64.4 Å². The molecule has 21 heavy (non-hydrogen) atoms. The molecule has 0 spiro atoms. The molecule has 0 radical (unpaired) electrons. The van der Waals surface area contributed by atoms with Crippen LogP contribution in [0.1, 0.15) is 16.9 Å². The number of aryl methyl sites for hydroxylation is 1. The van der Waals surface area contributed by atoms with E-state index in [2.05, 4.69) is 5.10 Å². The molecule has 0 aliphatic rings. The molecular formula is C15H19N3O3. The quantitative estimate of drug-likeness (QED) is 0.772. The summed E-state index contributed by atoms with van der Waals surface area (Å²) in [5.74, 6) is -0.196. The van der Waals surface area contributed by atoms with Crippen molar-refractivity contribution in [1.29, 1.82) is 0 Å². The molecule has 1 amide bonds. The Balaban J connectivity index is 2.40. The Hall–Kier alpha value is -2.21. The van der Waals surface area contributed by atoms with Crippen LogP contribution in [0.15, 0.2) is 29.1 Å². The van der Waals surface area contributed by atoms with Crippen LogP contribution in [-0.2, 0) is 11.8 Å². The van der Waals surface area contributed by atoms with Gasteiger partial charge in [-0.2, -0.15) is 5.10 Å². The number of hydrogen-bond donors (Lipinski definition) is 0. The number of rotatable bonds is 5. The Morgan fingerprint density at radius 2 is 2.00 bits per heavy atom. The number of amides is 1. The lowest BCUT2D eigenvalue weighted by molar-refractivity contribution is 0.0773. The number of benzene rings is 1. The molecule has 112 valence electrons. The van der Waals surface area contributed by atoms with Crippen LogP contribution in [0, 0.1) is 0 Å². The number of aromatic nitrogens is 2. The Bertz CT molecular complexity index is 709. The van der Waals surface area contributed by atoms with Gasteiger partial charge in [-0.1, -0.05) is 18.2 Å². The van der Waals surface area contributed by atoms with Crippen molar-refractivity contribution >= 4 is 16.7 Å². The maximum atomic E-state index is 12.5. The Kier molecular flexibility index (Phi) is 4.70. The van der Waals surface area contributed by atoms with Crippen molar-refractivity contribution < 1.29 is 9.53 Å². The second-order valence-corrected chi connectivity index (χ2v) is 4.90. The van der Waals surface area contributed by atoms with Gasteiger partial charge in [0.15, 0.2) is 5.69 Å². The fourth-order valence-electron chi connectivity index (χ4n) is 2.19. The molecule has 0 unspecified atom stereocenters. The largest absolute Gasteiger partial charge is 0.385 e. The molecule has 1 aromatic heterocycles. The highest BCUT2D eigenvalue weighted by Gasteiger charge is 2.18. The van der Waals surface area contributed by atoms with Crippen LogP contribution in [0.5, 0.6) is 0 Å². The summed E-state index contributed by atoms with van der Waals surface area (Å²) in [4.78, 5) is 26.2. The second-order valence-electron chi connectivity index (χ2n) is 4.90. The fraction of sp³-hybridized carbons (Fsp3) is 0.400. The van der Waals surface area contributed by atoms with Crippen LogP contribution in [0.3, 0.4) is 0 Å². The van der Waals surface area contributed by atoms with Crippen molar-refractivity contribution in [2.24, 2.45) is 7.05 Å². The van der Waals surface area contributed by atoms with Gasteiger partial charge < -0.3 is 9.64 Å². The SMILES string of the molecule is COCCCN(C)C(=O)c1nn(C)c(=O)c2ccccc12. The first kappa shape index (κ1) is 15.2. The van der Waals surface area contributed by atoms with Crippen molar-refractivity contribution in [2.45, 2.75) is 6.42 Å². The zero-order valence-electron chi connectivity index (χ0n) is 12.5.